The Kier molecular flexibility index (Phi) is 7.95. The lowest BCUT2D eigenvalue weighted by Gasteiger charge is -2.25. The molecule has 0 aliphatic carbocycles. The van der Waals surface area contributed by atoms with Crippen molar-refractivity contribution in [2.24, 2.45) is 0 Å². The zero-order valence-corrected chi connectivity index (χ0v) is 19.8. The van der Waals surface area contributed by atoms with Crippen molar-refractivity contribution in [2.45, 2.75) is 39.2 Å². The van der Waals surface area contributed by atoms with Crippen molar-refractivity contribution in [3.05, 3.63) is 54.1 Å². The summed E-state index contributed by atoms with van der Waals surface area (Å²) in [6.45, 7) is 7.99. The lowest BCUT2D eigenvalue weighted by molar-refractivity contribution is -0.120. The van der Waals surface area contributed by atoms with E-state index < -0.39 is 15.9 Å². The fourth-order valence-corrected chi connectivity index (χ4v) is 3.77. The molecule has 1 atom stereocenters. The molecule has 0 aromatic heterocycles. The highest BCUT2D eigenvalue weighted by Gasteiger charge is 2.22. The van der Waals surface area contributed by atoms with Gasteiger partial charge in [0.25, 0.3) is 0 Å². The molecule has 170 valence electrons. The van der Waals surface area contributed by atoms with Crippen LogP contribution in [0.4, 0.5) is 5.69 Å². The number of sulfonamides is 1. The zero-order valence-electron chi connectivity index (χ0n) is 19.0. The third-order valence-electron chi connectivity index (χ3n) is 4.68. The summed E-state index contributed by atoms with van der Waals surface area (Å²) in [5, 5.41) is 2.79. The van der Waals surface area contributed by atoms with Crippen LogP contribution in [-0.4, -0.2) is 46.9 Å². The minimum Gasteiger partial charge on any atom is -0.497 e. The maximum atomic E-state index is 12.5. The first-order chi connectivity index (χ1) is 14.4. The van der Waals surface area contributed by atoms with Crippen molar-refractivity contribution in [3.8, 4) is 11.5 Å². The minimum absolute atomic E-state index is 0.0505. The van der Waals surface area contributed by atoms with Gasteiger partial charge in [-0.1, -0.05) is 32.9 Å². The van der Waals surface area contributed by atoms with Crippen LogP contribution in [0.5, 0.6) is 11.5 Å². The molecule has 2 aromatic carbocycles. The van der Waals surface area contributed by atoms with Gasteiger partial charge in [-0.05, 0) is 54.3 Å². The monoisotopic (exact) mass is 448 g/mol. The van der Waals surface area contributed by atoms with Crippen molar-refractivity contribution in [1.29, 1.82) is 0 Å². The zero-order chi connectivity index (χ0) is 23.2. The average Bonchev–Trinajstić information content (AvgIpc) is 2.69. The van der Waals surface area contributed by atoms with E-state index >= 15 is 0 Å². The van der Waals surface area contributed by atoms with E-state index in [1.165, 1.54) is 0 Å². The Morgan fingerprint density at radius 3 is 2.06 bits per heavy atom. The van der Waals surface area contributed by atoms with Gasteiger partial charge in [0.15, 0.2) is 0 Å². The molecule has 31 heavy (non-hydrogen) atoms. The molecule has 8 heteroatoms. The highest BCUT2D eigenvalue weighted by atomic mass is 32.2. The Morgan fingerprint density at radius 1 is 1.03 bits per heavy atom. The number of rotatable bonds is 9. The molecule has 0 spiro atoms. The third-order valence-corrected chi connectivity index (χ3v) is 5.82. The van der Waals surface area contributed by atoms with Gasteiger partial charge in [0.1, 0.15) is 24.7 Å². The fourth-order valence-electron chi connectivity index (χ4n) is 2.91. The van der Waals surface area contributed by atoms with Crippen LogP contribution in [0.25, 0.3) is 0 Å². The van der Waals surface area contributed by atoms with E-state index in [0.29, 0.717) is 11.4 Å². The Morgan fingerprint density at radius 2 is 1.58 bits per heavy atom. The van der Waals surface area contributed by atoms with Gasteiger partial charge in [-0.3, -0.25) is 9.10 Å². The second-order valence-corrected chi connectivity index (χ2v) is 10.4. The van der Waals surface area contributed by atoms with Gasteiger partial charge >= 0.3 is 0 Å². The number of anilines is 1. The number of hydrogen-bond acceptors (Lipinski definition) is 5. The Balaban J connectivity index is 1.98. The summed E-state index contributed by atoms with van der Waals surface area (Å²) in [7, 11) is -2.04. The fraction of sp³-hybridized carbons (Fsp3) is 0.435. The minimum atomic E-state index is -3.63. The average molecular weight is 449 g/mol. The Hall–Kier alpha value is -2.74. The smallest absolute Gasteiger partial charge is 0.241 e. The summed E-state index contributed by atoms with van der Waals surface area (Å²) in [4.78, 5) is 12.5. The van der Waals surface area contributed by atoms with Crippen LogP contribution in [0.1, 0.15) is 33.3 Å². The largest absolute Gasteiger partial charge is 0.497 e. The highest BCUT2D eigenvalue weighted by molar-refractivity contribution is 7.92. The van der Waals surface area contributed by atoms with Crippen LogP contribution in [0.15, 0.2) is 48.5 Å². The molecule has 2 rings (SSSR count). The highest BCUT2D eigenvalue weighted by Crippen LogP contribution is 2.26. The van der Waals surface area contributed by atoms with Crippen molar-refractivity contribution in [3.63, 3.8) is 0 Å². The van der Waals surface area contributed by atoms with Crippen molar-refractivity contribution >= 4 is 21.6 Å². The topological polar surface area (TPSA) is 84.9 Å². The van der Waals surface area contributed by atoms with E-state index in [-0.39, 0.29) is 24.6 Å². The first-order valence-corrected chi connectivity index (χ1v) is 11.9. The molecule has 0 fully saturated rings. The van der Waals surface area contributed by atoms with Gasteiger partial charge in [0.2, 0.25) is 15.9 Å². The number of nitrogens with one attached hydrogen (secondary N) is 1. The lowest BCUT2D eigenvalue weighted by Crippen LogP contribution is -2.44. The molecule has 1 N–H and O–H groups in total. The van der Waals surface area contributed by atoms with Crippen LogP contribution < -0.4 is 19.1 Å². The number of carbonyl (C=O) groups is 1. The van der Waals surface area contributed by atoms with Crippen molar-refractivity contribution in [2.75, 3.05) is 30.8 Å². The van der Waals surface area contributed by atoms with Gasteiger partial charge in [-0.15, -0.1) is 0 Å². The molecule has 0 unspecified atom stereocenters. The van der Waals surface area contributed by atoms with E-state index in [1.54, 1.807) is 50.4 Å². The molecule has 0 saturated heterocycles. The van der Waals surface area contributed by atoms with Crippen molar-refractivity contribution in [1.82, 2.24) is 5.32 Å². The first-order valence-electron chi connectivity index (χ1n) is 10.0. The number of hydrogen-bond donors (Lipinski definition) is 1. The molecule has 0 heterocycles. The summed E-state index contributed by atoms with van der Waals surface area (Å²) in [5.74, 6) is 0.972. The second kappa shape index (κ2) is 10.0. The quantitative estimate of drug-likeness (QED) is 0.636. The molecular weight excluding hydrogens is 416 g/mol. The van der Waals surface area contributed by atoms with Gasteiger partial charge in [-0.2, -0.15) is 0 Å². The van der Waals surface area contributed by atoms with Gasteiger partial charge in [-0.25, -0.2) is 8.42 Å². The number of nitrogens with zero attached hydrogens (tertiary/aromatic N) is 1. The predicted molar refractivity (Wildman–Crippen MR) is 123 cm³/mol. The molecule has 0 aliphatic heterocycles. The van der Waals surface area contributed by atoms with Crippen LogP contribution in [0.2, 0.25) is 0 Å². The summed E-state index contributed by atoms with van der Waals surface area (Å²) in [5.41, 5.74) is 1.48. The van der Waals surface area contributed by atoms with E-state index in [0.717, 1.165) is 21.9 Å². The normalized spacial score (nSPS) is 12.7. The van der Waals surface area contributed by atoms with Crippen molar-refractivity contribution < 1.29 is 22.7 Å². The van der Waals surface area contributed by atoms with E-state index in [2.05, 4.69) is 26.1 Å². The third kappa shape index (κ3) is 7.47. The lowest BCUT2D eigenvalue weighted by atomic mass is 9.87. The van der Waals surface area contributed by atoms with Crippen LogP contribution in [-0.2, 0) is 20.2 Å². The van der Waals surface area contributed by atoms with Gasteiger partial charge < -0.3 is 14.8 Å². The SMILES string of the molecule is COc1ccc(OC[C@@H](C)NC(=O)CN(c2ccc(C(C)(C)C)cc2)S(C)(=O)=O)cc1. The van der Waals surface area contributed by atoms with E-state index in [9.17, 15) is 13.2 Å². The number of carbonyl (C=O) groups excluding carboxylic acids is 1. The summed E-state index contributed by atoms with van der Waals surface area (Å²) in [6, 6.07) is 14.0. The molecule has 2 aromatic rings. The molecule has 0 aliphatic rings. The maximum absolute atomic E-state index is 12.5. The van der Waals surface area contributed by atoms with Gasteiger partial charge in [0.05, 0.1) is 25.1 Å². The molecule has 0 radical (unpaired) electrons. The summed E-state index contributed by atoms with van der Waals surface area (Å²) in [6.07, 6.45) is 1.09. The van der Waals surface area contributed by atoms with Crippen LogP contribution in [0, 0.1) is 0 Å². The Labute approximate surface area is 185 Å². The van der Waals surface area contributed by atoms with E-state index in [1.807, 2.05) is 12.1 Å². The number of amides is 1. The first kappa shape index (κ1) is 24.5. The number of benzene rings is 2. The Bertz CT molecular complexity index is 965. The molecule has 0 bridgehead atoms. The van der Waals surface area contributed by atoms with E-state index in [4.69, 9.17) is 9.47 Å². The second-order valence-electron chi connectivity index (χ2n) is 8.52. The predicted octanol–water partition coefficient (Wildman–Crippen LogP) is 3.34. The summed E-state index contributed by atoms with van der Waals surface area (Å²) >= 11 is 0. The standard InChI is InChI=1S/C23H32N2O5S/c1-17(16-30-21-13-11-20(29-5)12-14-21)24-22(26)15-25(31(6,27)28)19-9-7-18(8-10-19)23(2,3)4/h7-14,17H,15-16H2,1-6H3,(H,24,26)/t17-/m1/s1. The number of ether oxygens (including phenoxy) is 2. The number of methoxy groups -OCH3 is 1. The maximum Gasteiger partial charge on any atom is 0.241 e. The van der Waals surface area contributed by atoms with Crippen LogP contribution >= 0.6 is 0 Å². The molecule has 1 amide bonds. The van der Waals surface area contributed by atoms with Gasteiger partial charge in [0, 0.05) is 0 Å². The van der Waals surface area contributed by atoms with Crippen LogP contribution in [0.3, 0.4) is 0 Å². The molecular formula is C23H32N2O5S. The molecule has 0 saturated carbocycles. The summed E-state index contributed by atoms with van der Waals surface area (Å²) < 4.78 is 36.5. The molecule has 7 nitrogen and oxygen atoms in total.